The lowest BCUT2D eigenvalue weighted by atomic mass is 10.1. The average Bonchev–Trinajstić information content (AvgIpc) is 2.72. The van der Waals surface area contributed by atoms with Crippen molar-refractivity contribution >= 4 is 17.3 Å². The van der Waals surface area contributed by atoms with E-state index in [2.05, 4.69) is 11.2 Å². The molecule has 1 heterocycles. The molecule has 0 aliphatic heterocycles. The van der Waals surface area contributed by atoms with E-state index in [1.807, 2.05) is 16.8 Å². The summed E-state index contributed by atoms with van der Waals surface area (Å²) in [6.45, 7) is 2.50. The Morgan fingerprint density at radius 2 is 2.60 bits per heavy atom. The van der Waals surface area contributed by atoms with Gasteiger partial charge in [0.05, 0.1) is 13.2 Å². The zero-order valence-electron chi connectivity index (χ0n) is 8.53. The minimum absolute atomic E-state index is 0.286. The molecule has 0 bridgehead atoms. The van der Waals surface area contributed by atoms with Gasteiger partial charge in [-0.05, 0) is 29.3 Å². The molecule has 15 heavy (non-hydrogen) atoms. The largest absolute Gasteiger partial charge is 0.465 e. The fraction of sp³-hybridized carbons (Fsp3) is 0.364. The van der Waals surface area contributed by atoms with Gasteiger partial charge in [0.2, 0.25) is 0 Å². The van der Waals surface area contributed by atoms with Crippen LogP contribution in [0.5, 0.6) is 0 Å². The monoisotopic (exact) mass is 223 g/mol. The van der Waals surface area contributed by atoms with E-state index in [9.17, 15) is 4.79 Å². The summed E-state index contributed by atoms with van der Waals surface area (Å²) in [4.78, 5) is 11.6. The minimum Gasteiger partial charge on any atom is -0.465 e. The summed E-state index contributed by atoms with van der Waals surface area (Å²) in [5.41, 5.74) is 0.897. The van der Waals surface area contributed by atoms with E-state index in [4.69, 9.17) is 11.2 Å². The van der Waals surface area contributed by atoms with Gasteiger partial charge in [-0.15, -0.1) is 6.42 Å². The van der Waals surface area contributed by atoms with Crippen LogP contribution in [0.2, 0.25) is 0 Å². The summed E-state index contributed by atoms with van der Waals surface area (Å²) in [7, 11) is 0. The van der Waals surface area contributed by atoms with Gasteiger partial charge < -0.3 is 4.74 Å². The number of carbonyl (C=O) groups is 1. The van der Waals surface area contributed by atoms with Gasteiger partial charge in [0.25, 0.3) is 0 Å². The number of thiophene rings is 1. The second kappa shape index (κ2) is 6.23. The first kappa shape index (κ1) is 11.8. The molecule has 1 atom stereocenters. The van der Waals surface area contributed by atoms with Gasteiger partial charge >= 0.3 is 5.97 Å². The van der Waals surface area contributed by atoms with Crippen molar-refractivity contribution in [3.05, 3.63) is 22.4 Å². The van der Waals surface area contributed by atoms with Crippen molar-refractivity contribution in [1.29, 1.82) is 0 Å². The second-order valence-corrected chi connectivity index (χ2v) is 3.61. The van der Waals surface area contributed by atoms with Gasteiger partial charge in [0.1, 0.15) is 6.04 Å². The van der Waals surface area contributed by atoms with Crippen molar-refractivity contribution in [2.75, 3.05) is 13.2 Å². The fourth-order valence-corrected chi connectivity index (χ4v) is 1.85. The third-order valence-electron chi connectivity index (χ3n) is 1.81. The Morgan fingerprint density at radius 3 is 3.13 bits per heavy atom. The maximum Gasteiger partial charge on any atom is 0.327 e. The number of ether oxygens (including phenoxy) is 1. The quantitative estimate of drug-likeness (QED) is 0.608. The van der Waals surface area contributed by atoms with E-state index >= 15 is 0 Å². The van der Waals surface area contributed by atoms with E-state index < -0.39 is 6.04 Å². The fourth-order valence-electron chi connectivity index (χ4n) is 1.16. The zero-order chi connectivity index (χ0) is 11.1. The predicted molar refractivity (Wildman–Crippen MR) is 60.5 cm³/mol. The smallest absolute Gasteiger partial charge is 0.327 e. The summed E-state index contributed by atoms with van der Waals surface area (Å²) >= 11 is 1.54. The Balaban J connectivity index is 2.70. The molecule has 1 unspecified atom stereocenters. The van der Waals surface area contributed by atoms with Crippen LogP contribution in [0.1, 0.15) is 18.5 Å². The zero-order valence-corrected chi connectivity index (χ0v) is 9.34. The molecule has 0 spiro atoms. The summed E-state index contributed by atoms with van der Waals surface area (Å²) < 4.78 is 4.96. The Hall–Kier alpha value is -1.31. The topological polar surface area (TPSA) is 38.3 Å². The van der Waals surface area contributed by atoms with Crippen LogP contribution in [0.15, 0.2) is 16.8 Å². The summed E-state index contributed by atoms with van der Waals surface area (Å²) in [6.07, 6.45) is 5.14. The maximum atomic E-state index is 11.6. The molecule has 0 saturated carbocycles. The molecule has 0 amide bonds. The van der Waals surface area contributed by atoms with Crippen LogP contribution in [0, 0.1) is 12.3 Å². The Bertz CT molecular complexity index is 340. The Labute approximate surface area is 93.5 Å². The number of rotatable bonds is 5. The standard InChI is InChI=1S/C11H13NO2S/c1-3-6-12-10(11(13)14-4-2)9-5-7-15-8-9/h1,5,7-8,10,12H,4,6H2,2H3. The highest BCUT2D eigenvalue weighted by atomic mass is 32.1. The molecule has 4 heteroatoms. The van der Waals surface area contributed by atoms with E-state index in [0.29, 0.717) is 13.2 Å². The molecule has 3 nitrogen and oxygen atoms in total. The molecule has 0 fully saturated rings. The highest BCUT2D eigenvalue weighted by Gasteiger charge is 2.20. The molecule has 0 aromatic carbocycles. The Kier molecular flexibility index (Phi) is 4.88. The van der Waals surface area contributed by atoms with Gasteiger partial charge in [-0.3, -0.25) is 5.32 Å². The van der Waals surface area contributed by atoms with Crippen LogP contribution in [-0.2, 0) is 9.53 Å². The molecule has 0 radical (unpaired) electrons. The lowest BCUT2D eigenvalue weighted by Crippen LogP contribution is -2.30. The molecule has 0 aliphatic rings. The first-order valence-electron chi connectivity index (χ1n) is 4.65. The normalized spacial score (nSPS) is 11.7. The molecule has 1 aromatic rings. The van der Waals surface area contributed by atoms with Crippen molar-refractivity contribution in [3.8, 4) is 12.3 Å². The van der Waals surface area contributed by atoms with Crippen molar-refractivity contribution in [1.82, 2.24) is 5.32 Å². The summed E-state index contributed by atoms with van der Waals surface area (Å²) in [5.74, 6) is 2.16. The summed E-state index contributed by atoms with van der Waals surface area (Å²) in [5, 5.41) is 6.78. The Morgan fingerprint density at radius 1 is 1.80 bits per heavy atom. The van der Waals surface area contributed by atoms with Gasteiger partial charge in [0.15, 0.2) is 0 Å². The summed E-state index contributed by atoms with van der Waals surface area (Å²) in [6, 6.07) is 1.43. The van der Waals surface area contributed by atoms with Crippen LogP contribution in [-0.4, -0.2) is 19.1 Å². The van der Waals surface area contributed by atoms with Crippen molar-refractivity contribution < 1.29 is 9.53 Å². The van der Waals surface area contributed by atoms with Gasteiger partial charge in [0, 0.05) is 0 Å². The van der Waals surface area contributed by atoms with Gasteiger partial charge in [-0.2, -0.15) is 11.3 Å². The van der Waals surface area contributed by atoms with Crippen LogP contribution in [0.3, 0.4) is 0 Å². The molecule has 1 rings (SSSR count). The molecular weight excluding hydrogens is 210 g/mol. The van der Waals surface area contributed by atoms with Gasteiger partial charge in [-0.25, -0.2) is 4.79 Å². The first-order valence-corrected chi connectivity index (χ1v) is 5.59. The third kappa shape index (κ3) is 3.39. The molecular formula is C11H13NO2S. The predicted octanol–water partition coefficient (Wildman–Crippen LogP) is 1.58. The number of hydrogen-bond donors (Lipinski definition) is 1. The molecule has 0 aliphatic carbocycles. The van der Waals surface area contributed by atoms with Crippen molar-refractivity contribution in [3.63, 3.8) is 0 Å². The van der Waals surface area contributed by atoms with Crippen LogP contribution >= 0.6 is 11.3 Å². The SMILES string of the molecule is C#CCNC(C(=O)OCC)c1ccsc1. The molecule has 1 N–H and O–H groups in total. The average molecular weight is 223 g/mol. The lowest BCUT2D eigenvalue weighted by Gasteiger charge is -2.14. The number of nitrogens with one attached hydrogen (secondary N) is 1. The van der Waals surface area contributed by atoms with Crippen LogP contribution < -0.4 is 5.32 Å². The molecule has 80 valence electrons. The number of carbonyl (C=O) groups excluding carboxylic acids is 1. The van der Waals surface area contributed by atoms with Crippen molar-refractivity contribution in [2.24, 2.45) is 0 Å². The highest BCUT2D eigenvalue weighted by Crippen LogP contribution is 2.17. The highest BCUT2D eigenvalue weighted by molar-refractivity contribution is 7.08. The van der Waals surface area contributed by atoms with E-state index in [-0.39, 0.29) is 5.97 Å². The first-order chi connectivity index (χ1) is 7.29. The van der Waals surface area contributed by atoms with Crippen LogP contribution in [0.4, 0.5) is 0 Å². The number of esters is 1. The van der Waals surface area contributed by atoms with Crippen LogP contribution in [0.25, 0.3) is 0 Å². The molecule has 0 saturated heterocycles. The van der Waals surface area contributed by atoms with E-state index in [1.54, 1.807) is 6.92 Å². The van der Waals surface area contributed by atoms with Crippen molar-refractivity contribution in [2.45, 2.75) is 13.0 Å². The third-order valence-corrected chi connectivity index (χ3v) is 2.51. The second-order valence-electron chi connectivity index (χ2n) is 2.83. The van der Waals surface area contributed by atoms with E-state index in [0.717, 1.165) is 5.56 Å². The minimum atomic E-state index is -0.452. The number of hydrogen-bond acceptors (Lipinski definition) is 4. The molecule has 1 aromatic heterocycles. The van der Waals surface area contributed by atoms with Gasteiger partial charge in [-0.1, -0.05) is 5.92 Å². The van der Waals surface area contributed by atoms with E-state index in [1.165, 1.54) is 11.3 Å². The number of terminal acetylenes is 1. The lowest BCUT2D eigenvalue weighted by molar-refractivity contribution is -0.145. The maximum absolute atomic E-state index is 11.6.